The molecule has 0 aliphatic heterocycles. The van der Waals surface area contributed by atoms with Crippen molar-refractivity contribution in [1.82, 2.24) is 0 Å². The van der Waals surface area contributed by atoms with Crippen LogP contribution in [0.25, 0.3) is 0 Å². The van der Waals surface area contributed by atoms with Gasteiger partial charge in [-0.2, -0.15) is 0 Å². The highest BCUT2D eigenvalue weighted by atomic mass is 31.1. The minimum absolute atomic E-state index is 0.266. The monoisotopic (exact) mass is 629 g/mol. The summed E-state index contributed by atoms with van der Waals surface area (Å²) in [6.45, 7) is 25.0. The van der Waals surface area contributed by atoms with E-state index in [0.29, 0.717) is 24.3 Å². The summed E-state index contributed by atoms with van der Waals surface area (Å²) in [5, 5.41) is 0. The molecule has 8 heteroatoms. The maximum Gasteiger partial charge on any atom is 0.805 e. The van der Waals surface area contributed by atoms with E-state index in [2.05, 4.69) is 83.1 Å². The van der Waals surface area contributed by atoms with Gasteiger partial charge < -0.3 is 9.47 Å². The molecule has 0 radical (unpaired) electrons. The number of aryl methyl sites for hydroxylation is 2. The van der Waals surface area contributed by atoms with Gasteiger partial charge in [0.2, 0.25) is 0 Å². The van der Waals surface area contributed by atoms with Gasteiger partial charge in [-0.05, 0) is 45.6 Å². The first-order chi connectivity index (χ1) is 20.0. The molecule has 244 valence electrons. The SMILES string of the molecule is COC(=O)CCc1cc(C(C)(C)C)c(O[P+](=O)Oc2c(C(C)(C)C)cc(CCC(=O)OC)cc2C(C)(C)C)c(C(C)(C)C)c1. The van der Waals surface area contributed by atoms with Crippen molar-refractivity contribution in [2.75, 3.05) is 14.2 Å². The molecule has 2 aromatic rings. The summed E-state index contributed by atoms with van der Waals surface area (Å²) in [4.78, 5) is 23.8. The fourth-order valence-electron chi connectivity index (χ4n) is 4.96. The number of rotatable bonds is 10. The lowest BCUT2D eigenvalue weighted by Crippen LogP contribution is -2.21. The van der Waals surface area contributed by atoms with Gasteiger partial charge in [-0.15, -0.1) is 0 Å². The zero-order valence-corrected chi connectivity index (χ0v) is 30.3. The normalized spacial score (nSPS) is 12.5. The molecule has 0 unspecified atom stereocenters. The van der Waals surface area contributed by atoms with E-state index in [4.69, 9.17) is 18.5 Å². The molecule has 0 bridgehead atoms. The molecule has 0 amide bonds. The molecule has 0 spiro atoms. The smallest absolute Gasteiger partial charge is 0.469 e. The van der Waals surface area contributed by atoms with Gasteiger partial charge in [-0.3, -0.25) is 9.59 Å². The molecule has 0 aliphatic rings. The van der Waals surface area contributed by atoms with Crippen LogP contribution in [0.1, 0.15) is 129 Å². The van der Waals surface area contributed by atoms with Crippen LogP contribution in [0, 0.1) is 0 Å². The van der Waals surface area contributed by atoms with E-state index >= 15 is 0 Å². The van der Waals surface area contributed by atoms with Crippen LogP contribution < -0.4 is 9.05 Å². The lowest BCUT2D eigenvalue weighted by Gasteiger charge is -2.29. The van der Waals surface area contributed by atoms with E-state index in [-0.39, 0.29) is 46.4 Å². The second-order valence-electron chi connectivity index (χ2n) is 15.6. The summed E-state index contributed by atoms with van der Waals surface area (Å²) in [7, 11) is 0.138. The largest absolute Gasteiger partial charge is 0.805 e. The summed E-state index contributed by atoms with van der Waals surface area (Å²) in [6, 6.07) is 8.14. The van der Waals surface area contributed by atoms with Gasteiger partial charge in [0.25, 0.3) is 0 Å². The third-order valence-electron chi connectivity index (χ3n) is 7.55. The summed E-state index contributed by atoms with van der Waals surface area (Å²) in [5.74, 6) is 0.545. The molecule has 0 heterocycles. The first-order valence-corrected chi connectivity index (χ1v) is 16.4. The highest BCUT2D eigenvalue weighted by molar-refractivity contribution is 7.34. The highest BCUT2D eigenvalue weighted by Crippen LogP contribution is 2.48. The third-order valence-corrected chi connectivity index (χ3v) is 8.22. The molecule has 0 atom stereocenters. The van der Waals surface area contributed by atoms with Crippen molar-refractivity contribution in [3.63, 3.8) is 0 Å². The zero-order chi connectivity index (χ0) is 33.8. The van der Waals surface area contributed by atoms with E-state index in [1.54, 1.807) is 0 Å². The van der Waals surface area contributed by atoms with Crippen molar-refractivity contribution in [2.24, 2.45) is 0 Å². The van der Waals surface area contributed by atoms with E-state index in [1.165, 1.54) is 14.2 Å². The number of carbonyl (C=O) groups is 2. The molecular weight excluding hydrogens is 575 g/mol. The number of hydrogen-bond acceptors (Lipinski definition) is 7. The number of ether oxygens (including phenoxy) is 2. The molecule has 7 nitrogen and oxygen atoms in total. The van der Waals surface area contributed by atoms with E-state index in [9.17, 15) is 14.2 Å². The standard InChI is InChI=1S/C36H54O7P/c1-33(2,3)25-19-23(15-17-29(37)40-13)20-26(34(4,5)6)31(25)42-44(39)43-32-27(35(7,8)9)21-24(16-18-30(38)41-14)22-28(32)36(10,11)12/h19-22H,15-18H2,1-14H3/q+1. The van der Waals surface area contributed by atoms with Crippen LogP contribution >= 0.6 is 8.25 Å². The predicted octanol–water partition coefficient (Wildman–Crippen LogP) is 9.20. The second-order valence-corrected chi connectivity index (χ2v) is 16.4. The number of carbonyl (C=O) groups excluding carboxylic acids is 2. The lowest BCUT2D eigenvalue weighted by atomic mass is 9.78. The van der Waals surface area contributed by atoms with Gasteiger partial charge in [0.15, 0.2) is 11.5 Å². The molecule has 0 N–H and O–H groups in total. The van der Waals surface area contributed by atoms with Gasteiger partial charge in [0.1, 0.15) is 0 Å². The minimum Gasteiger partial charge on any atom is -0.469 e. The van der Waals surface area contributed by atoms with Gasteiger partial charge in [0.05, 0.1) is 14.2 Å². The first kappa shape index (κ1) is 37.3. The van der Waals surface area contributed by atoms with Crippen molar-refractivity contribution < 1.29 is 32.7 Å². The van der Waals surface area contributed by atoms with Crippen LogP contribution in [0.4, 0.5) is 0 Å². The Balaban J connectivity index is 2.68. The molecule has 0 saturated carbocycles. The van der Waals surface area contributed by atoms with Crippen LogP contribution in [0.15, 0.2) is 24.3 Å². The predicted molar refractivity (Wildman–Crippen MR) is 177 cm³/mol. The average Bonchev–Trinajstić information content (AvgIpc) is 2.88. The average molecular weight is 630 g/mol. The Bertz CT molecular complexity index is 1190. The van der Waals surface area contributed by atoms with Crippen LogP contribution in [-0.2, 0) is 58.1 Å². The number of esters is 2. The van der Waals surface area contributed by atoms with Gasteiger partial charge >= 0.3 is 20.2 Å². The Morgan fingerprint density at radius 3 is 1.00 bits per heavy atom. The van der Waals surface area contributed by atoms with Crippen LogP contribution in [0.2, 0.25) is 0 Å². The Labute approximate surface area is 266 Å². The number of hydrogen-bond donors (Lipinski definition) is 0. The van der Waals surface area contributed by atoms with Gasteiger partial charge in [0, 0.05) is 39.7 Å². The molecule has 2 aromatic carbocycles. The van der Waals surface area contributed by atoms with Crippen molar-refractivity contribution in [3.05, 3.63) is 57.6 Å². The summed E-state index contributed by atoms with van der Waals surface area (Å²) in [5.41, 5.74) is 4.15. The molecule has 2 rings (SSSR count). The molecule has 0 aliphatic carbocycles. The maximum absolute atomic E-state index is 14.0. The Morgan fingerprint density at radius 1 is 0.545 bits per heavy atom. The summed E-state index contributed by atoms with van der Waals surface area (Å²) >= 11 is 0. The van der Waals surface area contributed by atoms with E-state index < -0.39 is 8.25 Å². The van der Waals surface area contributed by atoms with Crippen LogP contribution in [0.3, 0.4) is 0 Å². The number of benzene rings is 2. The van der Waals surface area contributed by atoms with Crippen LogP contribution in [0.5, 0.6) is 11.5 Å². The maximum atomic E-state index is 14.0. The first-order valence-electron chi connectivity index (χ1n) is 15.3. The van der Waals surface area contributed by atoms with Gasteiger partial charge in [-0.25, -0.2) is 9.05 Å². The Morgan fingerprint density at radius 2 is 0.795 bits per heavy atom. The highest BCUT2D eigenvalue weighted by Gasteiger charge is 2.38. The number of methoxy groups -OCH3 is 2. The fraction of sp³-hybridized carbons (Fsp3) is 0.611. The summed E-state index contributed by atoms with van der Waals surface area (Å²) < 4.78 is 36.3. The van der Waals surface area contributed by atoms with Crippen LogP contribution in [-0.4, -0.2) is 26.2 Å². The molecular formula is C36H54O7P+. The van der Waals surface area contributed by atoms with E-state index in [0.717, 1.165) is 33.4 Å². The molecule has 0 fully saturated rings. The van der Waals surface area contributed by atoms with E-state index in [1.807, 2.05) is 24.3 Å². The fourth-order valence-corrected chi connectivity index (χ4v) is 5.68. The Kier molecular flexibility index (Phi) is 11.9. The van der Waals surface area contributed by atoms with Crippen molar-refractivity contribution in [3.8, 4) is 11.5 Å². The van der Waals surface area contributed by atoms with Gasteiger partial charge in [-0.1, -0.05) is 107 Å². The quantitative estimate of drug-likeness (QED) is 0.191. The molecule has 0 aromatic heterocycles. The van der Waals surface area contributed by atoms with Crippen molar-refractivity contribution in [1.29, 1.82) is 0 Å². The third kappa shape index (κ3) is 10.1. The molecule has 0 saturated heterocycles. The molecule has 44 heavy (non-hydrogen) atoms. The minimum atomic E-state index is -2.65. The van der Waals surface area contributed by atoms with Crippen molar-refractivity contribution >= 4 is 20.2 Å². The second kappa shape index (κ2) is 14.0. The van der Waals surface area contributed by atoms with Crippen molar-refractivity contribution in [2.45, 2.75) is 130 Å². The zero-order valence-electron chi connectivity index (χ0n) is 29.4. The lowest BCUT2D eigenvalue weighted by molar-refractivity contribution is -0.141. The topological polar surface area (TPSA) is 88.1 Å². The Hall–Kier alpha value is -2.92. The summed E-state index contributed by atoms with van der Waals surface area (Å²) in [6.07, 6.45) is 1.58.